The van der Waals surface area contributed by atoms with E-state index in [0.29, 0.717) is 18.0 Å². The fourth-order valence-electron chi connectivity index (χ4n) is 2.97. The number of rotatable bonds is 10. The summed E-state index contributed by atoms with van der Waals surface area (Å²) in [5.74, 6) is -0.798. The summed E-state index contributed by atoms with van der Waals surface area (Å²) in [6.07, 6.45) is -2.04. The summed E-state index contributed by atoms with van der Waals surface area (Å²) in [7, 11) is 0. The van der Waals surface area contributed by atoms with E-state index < -0.39 is 30.9 Å². The van der Waals surface area contributed by atoms with E-state index in [1.807, 2.05) is 6.92 Å². The highest BCUT2D eigenvalue weighted by molar-refractivity contribution is 6.67. The van der Waals surface area contributed by atoms with Crippen molar-refractivity contribution in [1.82, 2.24) is 4.90 Å². The zero-order valence-corrected chi connectivity index (χ0v) is 20.2. The highest BCUT2D eigenvalue weighted by Gasteiger charge is 2.34. The summed E-state index contributed by atoms with van der Waals surface area (Å²) < 4.78 is 5.44. The zero-order chi connectivity index (χ0) is 24.7. The maximum absolute atomic E-state index is 11.7. The number of hydrogen-bond donors (Lipinski definition) is 7. The van der Waals surface area contributed by atoms with Crippen LogP contribution in [0.1, 0.15) is 19.8 Å². The summed E-state index contributed by atoms with van der Waals surface area (Å²) >= 11 is 6.08. The van der Waals surface area contributed by atoms with Gasteiger partial charge in [-0.05, 0) is 30.7 Å². The van der Waals surface area contributed by atoms with E-state index in [4.69, 9.17) is 44.1 Å². The summed E-state index contributed by atoms with van der Waals surface area (Å²) in [6.45, 7) is 1.64. The van der Waals surface area contributed by atoms with E-state index in [1.165, 1.54) is 4.90 Å². The van der Waals surface area contributed by atoms with Gasteiger partial charge < -0.3 is 42.2 Å². The van der Waals surface area contributed by atoms with Gasteiger partial charge in [-0.3, -0.25) is 15.1 Å². The molecule has 1 aromatic carbocycles. The average Bonchev–Trinajstić information content (AvgIpc) is 2.80. The van der Waals surface area contributed by atoms with Crippen LogP contribution < -0.4 is 26.8 Å². The van der Waals surface area contributed by atoms with Crippen LogP contribution in [-0.2, 0) is 4.79 Å². The van der Waals surface area contributed by atoms with Crippen LogP contribution in [0.3, 0.4) is 0 Å². The number of carbonyl (C=O) groups is 1. The summed E-state index contributed by atoms with van der Waals surface area (Å²) in [6, 6.07) is 6.62. The number of aliphatic hydroxyl groups is 3. The molecular weight excluding hydrogens is 489 g/mol. The fourth-order valence-corrected chi connectivity index (χ4v) is 3.15. The minimum atomic E-state index is -1.30. The number of hydrogen-bond acceptors (Lipinski definition) is 9. The van der Waals surface area contributed by atoms with Crippen molar-refractivity contribution in [1.29, 1.82) is 5.41 Å². The maximum Gasteiger partial charge on any atom is 0.271 e. The molecule has 190 valence electrons. The maximum atomic E-state index is 11.7. The number of guanidine groups is 1. The topological polar surface area (TPSA) is 208 Å². The third kappa shape index (κ3) is 6.95. The van der Waals surface area contributed by atoms with Crippen molar-refractivity contribution in [2.75, 3.05) is 24.7 Å². The van der Waals surface area contributed by atoms with Crippen LogP contribution in [0.5, 0.6) is 5.75 Å². The second-order valence-corrected chi connectivity index (χ2v) is 7.69. The SMILES string of the molecule is CCCCN(C(=N)N1C(N)=C(C(N)=O)N=C(Cl)C1N)c1ccc(OCC(O)C(O)CO)cc1.Cl. The van der Waals surface area contributed by atoms with Crippen LogP contribution in [-0.4, -0.2) is 75.4 Å². The van der Waals surface area contributed by atoms with E-state index in [-0.39, 0.29) is 41.7 Å². The first-order valence-corrected chi connectivity index (χ1v) is 10.6. The smallest absolute Gasteiger partial charge is 0.271 e. The Labute approximate surface area is 208 Å². The number of amides is 1. The Balaban J connectivity index is 0.00000578. The number of aliphatic imine (C=N–C) groups is 1. The number of unbranched alkanes of at least 4 members (excludes halogenated alkanes) is 1. The molecule has 1 aromatic rings. The van der Waals surface area contributed by atoms with Crippen LogP contribution in [0.25, 0.3) is 0 Å². The van der Waals surface area contributed by atoms with Gasteiger partial charge in [-0.15, -0.1) is 12.4 Å². The number of primary amides is 1. The number of nitrogens with one attached hydrogen (secondary N) is 1. The van der Waals surface area contributed by atoms with Crippen LogP contribution in [0, 0.1) is 5.41 Å². The molecule has 0 radical (unpaired) electrons. The number of aliphatic hydroxyl groups excluding tert-OH is 3. The van der Waals surface area contributed by atoms with E-state index in [2.05, 4.69) is 4.99 Å². The van der Waals surface area contributed by atoms with Crippen molar-refractivity contribution in [3.63, 3.8) is 0 Å². The number of nitrogens with zero attached hydrogens (tertiary/aromatic N) is 3. The number of carbonyl (C=O) groups excluding carboxylic acids is 1. The fraction of sp³-hybridized carbons (Fsp3) is 0.450. The van der Waals surface area contributed by atoms with Crippen LogP contribution in [0.15, 0.2) is 40.8 Å². The molecule has 10 N–H and O–H groups in total. The lowest BCUT2D eigenvalue weighted by molar-refractivity contribution is -0.114. The third-order valence-electron chi connectivity index (χ3n) is 4.90. The molecule has 1 aliphatic rings. The van der Waals surface area contributed by atoms with E-state index in [0.717, 1.165) is 12.8 Å². The monoisotopic (exact) mass is 519 g/mol. The number of halogens is 2. The van der Waals surface area contributed by atoms with Crippen LogP contribution in [0.4, 0.5) is 5.69 Å². The zero-order valence-electron chi connectivity index (χ0n) is 18.6. The lowest BCUT2D eigenvalue weighted by atomic mass is 10.2. The van der Waals surface area contributed by atoms with Gasteiger partial charge in [-0.25, -0.2) is 4.99 Å². The van der Waals surface area contributed by atoms with Gasteiger partial charge in [0, 0.05) is 12.2 Å². The molecule has 12 nitrogen and oxygen atoms in total. The number of ether oxygens (including phenoxy) is 1. The molecule has 3 unspecified atom stereocenters. The molecule has 0 fully saturated rings. The first-order chi connectivity index (χ1) is 15.6. The van der Waals surface area contributed by atoms with Gasteiger partial charge in [0.15, 0.2) is 5.70 Å². The normalized spacial score (nSPS) is 17.4. The molecule has 0 aromatic heterocycles. The van der Waals surface area contributed by atoms with Crippen LogP contribution in [0.2, 0.25) is 0 Å². The van der Waals surface area contributed by atoms with Crippen molar-refractivity contribution in [3.8, 4) is 5.75 Å². The third-order valence-corrected chi connectivity index (χ3v) is 5.20. The Bertz CT molecular complexity index is 913. The second kappa shape index (κ2) is 13.3. The lowest BCUT2D eigenvalue weighted by Crippen LogP contribution is -2.57. The molecule has 0 bridgehead atoms. The van der Waals surface area contributed by atoms with Crippen molar-refractivity contribution in [2.45, 2.75) is 38.1 Å². The standard InChI is InChI=1S/C20H30ClN7O5.ClH/c1-2-3-8-27(11-4-6-12(7-5-11)33-10-14(31)13(30)9-29)20(25)28-17(22)15(19(24)32)26-16(21)18(28)23;/h4-7,13-14,18,25,29-31H,2-3,8-10,22-23H2,1H3,(H2,24,32);1H. The van der Waals surface area contributed by atoms with Crippen molar-refractivity contribution in [3.05, 3.63) is 35.8 Å². The first-order valence-electron chi connectivity index (χ1n) is 10.3. The van der Waals surface area contributed by atoms with E-state index >= 15 is 0 Å². The molecular formula is C20H31Cl2N7O5. The van der Waals surface area contributed by atoms with Crippen molar-refractivity contribution in [2.24, 2.45) is 22.2 Å². The quantitative estimate of drug-likeness (QED) is 0.158. The van der Waals surface area contributed by atoms with Crippen LogP contribution >= 0.6 is 24.0 Å². The summed E-state index contributed by atoms with van der Waals surface area (Å²) in [4.78, 5) is 18.4. The van der Waals surface area contributed by atoms with Gasteiger partial charge in [0.2, 0.25) is 5.96 Å². The Morgan fingerprint density at radius 2 is 1.94 bits per heavy atom. The summed E-state index contributed by atoms with van der Waals surface area (Å²) in [5, 5.41) is 36.6. The molecule has 0 aliphatic carbocycles. The molecule has 1 heterocycles. The Morgan fingerprint density at radius 3 is 2.47 bits per heavy atom. The average molecular weight is 520 g/mol. The molecule has 0 saturated heterocycles. The predicted molar refractivity (Wildman–Crippen MR) is 132 cm³/mol. The minimum Gasteiger partial charge on any atom is -0.491 e. The molecule has 2 rings (SSSR count). The largest absolute Gasteiger partial charge is 0.491 e. The molecule has 1 aliphatic heterocycles. The van der Waals surface area contributed by atoms with Crippen molar-refractivity contribution >= 4 is 46.7 Å². The number of nitrogens with two attached hydrogens (primary N) is 3. The van der Waals surface area contributed by atoms with Gasteiger partial charge >= 0.3 is 0 Å². The Kier molecular flexibility index (Phi) is 11.5. The highest BCUT2D eigenvalue weighted by atomic mass is 35.5. The predicted octanol–water partition coefficient (Wildman–Crippen LogP) is -0.407. The Hall–Kier alpha value is -2.61. The molecule has 0 saturated carbocycles. The van der Waals surface area contributed by atoms with Gasteiger partial charge in [-0.1, -0.05) is 24.9 Å². The van der Waals surface area contributed by atoms with Gasteiger partial charge in [-0.2, -0.15) is 0 Å². The second-order valence-electron chi connectivity index (χ2n) is 7.30. The molecule has 3 atom stereocenters. The molecule has 0 spiro atoms. The van der Waals surface area contributed by atoms with E-state index in [9.17, 15) is 15.0 Å². The molecule has 1 amide bonds. The van der Waals surface area contributed by atoms with Gasteiger partial charge in [0.05, 0.1) is 6.61 Å². The molecule has 14 heteroatoms. The number of anilines is 1. The Morgan fingerprint density at radius 1 is 1.32 bits per heavy atom. The number of benzene rings is 1. The lowest BCUT2D eigenvalue weighted by Gasteiger charge is -2.38. The first kappa shape index (κ1) is 29.4. The van der Waals surface area contributed by atoms with Gasteiger partial charge in [0.25, 0.3) is 5.91 Å². The van der Waals surface area contributed by atoms with Crippen molar-refractivity contribution < 1.29 is 24.9 Å². The van der Waals surface area contributed by atoms with E-state index in [1.54, 1.807) is 29.2 Å². The molecule has 34 heavy (non-hydrogen) atoms. The van der Waals surface area contributed by atoms with Gasteiger partial charge in [0.1, 0.15) is 41.7 Å². The highest BCUT2D eigenvalue weighted by Crippen LogP contribution is 2.25. The minimum absolute atomic E-state index is 0. The summed E-state index contributed by atoms with van der Waals surface area (Å²) in [5.41, 5.74) is 17.8.